The van der Waals surface area contributed by atoms with Gasteiger partial charge in [-0.25, -0.2) is 9.97 Å². The van der Waals surface area contributed by atoms with E-state index in [0.29, 0.717) is 11.3 Å². The van der Waals surface area contributed by atoms with Crippen LogP contribution in [0.4, 0.5) is 5.69 Å². The van der Waals surface area contributed by atoms with Crippen LogP contribution in [0.5, 0.6) is 0 Å². The van der Waals surface area contributed by atoms with Crippen molar-refractivity contribution in [3.8, 4) is 0 Å². The topological polar surface area (TPSA) is 46.1 Å². The number of carbonyl (C=O) groups is 1. The van der Waals surface area contributed by atoms with Crippen molar-refractivity contribution in [1.29, 1.82) is 0 Å². The average Bonchev–Trinajstić information content (AvgIpc) is 2.38. The fourth-order valence-corrected chi connectivity index (χ4v) is 2.13. The lowest BCUT2D eigenvalue weighted by atomic mass is 10.2. The zero-order valence-electron chi connectivity index (χ0n) is 10.4. The molecular weight excluding hydrogens is 285 g/mol. The molecule has 0 unspecified atom stereocenters. The van der Waals surface area contributed by atoms with E-state index in [1.807, 2.05) is 6.92 Å². The Kier molecular flexibility index (Phi) is 4.02. The minimum Gasteiger partial charge on any atom is -0.308 e. The van der Waals surface area contributed by atoms with Crippen LogP contribution in [0.3, 0.4) is 0 Å². The molecule has 2 heterocycles. The van der Waals surface area contributed by atoms with Crippen LogP contribution in [0.1, 0.15) is 16.1 Å². The summed E-state index contributed by atoms with van der Waals surface area (Å²) in [4.78, 5) is 21.7. The van der Waals surface area contributed by atoms with Gasteiger partial charge >= 0.3 is 0 Å². The van der Waals surface area contributed by atoms with Gasteiger partial charge in [0.05, 0.1) is 11.3 Å². The normalized spacial score (nSPS) is 10.3. The van der Waals surface area contributed by atoms with Crippen molar-refractivity contribution >= 4 is 34.8 Å². The van der Waals surface area contributed by atoms with Gasteiger partial charge in [0.2, 0.25) is 0 Å². The molecule has 0 bridgehead atoms. The van der Waals surface area contributed by atoms with Crippen LogP contribution in [-0.4, -0.2) is 22.9 Å². The molecule has 0 saturated carbocycles. The molecule has 0 fully saturated rings. The smallest absolute Gasteiger partial charge is 0.261 e. The van der Waals surface area contributed by atoms with Crippen LogP contribution < -0.4 is 4.90 Å². The third kappa shape index (κ3) is 2.85. The van der Waals surface area contributed by atoms with E-state index in [2.05, 4.69) is 9.97 Å². The molecule has 0 spiro atoms. The lowest BCUT2D eigenvalue weighted by Crippen LogP contribution is -2.27. The molecule has 0 aromatic carbocycles. The van der Waals surface area contributed by atoms with Gasteiger partial charge < -0.3 is 4.90 Å². The Labute approximate surface area is 121 Å². The molecular formula is C13H11Cl2N3O. The van der Waals surface area contributed by atoms with Crippen molar-refractivity contribution in [3.63, 3.8) is 0 Å². The summed E-state index contributed by atoms with van der Waals surface area (Å²) < 4.78 is 0. The summed E-state index contributed by atoms with van der Waals surface area (Å²) in [5, 5.41) is 0.436. The maximum Gasteiger partial charge on any atom is 0.261 e. The first-order chi connectivity index (χ1) is 9.00. The molecule has 0 radical (unpaired) electrons. The van der Waals surface area contributed by atoms with E-state index in [4.69, 9.17) is 23.2 Å². The molecule has 0 saturated heterocycles. The Hall–Kier alpha value is -1.65. The standard InChI is InChI=1S/C13H11Cl2N3O/c1-8-5-6-9(11(14)17-8)13(19)18(2)10-4-3-7-16-12(10)15/h3-7H,1-2H3. The molecule has 6 heteroatoms. The van der Waals surface area contributed by atoms with Gasteiger partial charge in [-0.05, 0) is 31.2 Å². The number of rotatable bonds is 2. The number of aryl methyl sites for hydroxylation is 1. The van der Waals surface area contributed by atoms with Gasteiger partial charge in [0, 0.05) is 18.9 Å². The van der Waals surface area contributed by atoms with Gasteiger partial charge in [0.1, 0.15) is 5.15 Å². The number of pyridine rings is 2. The largest absolute Gasteiger partial charge is 0.308 e. The molecule has 98 valence electrons. The van der Waals surface area contributed by atoms with Gasteiger partial charge in [-0.3, -0.25) is 4.79 Å². The molecule has 2 aromatic rings. The van der Waals surface area contributed by atoms with Crippen molar-refractivity contribution in [1.82, 2.24) is 9.97 Å². The molecule has 19 heavy (non-hydrogen) atoms. The minimum atomic E-state index is -0.285. The SMILES string of the molecule is Cc1ccc(C(=O)N(C)c2cccnc2Cl)c(Cl)n1. The lowest BCUT2D eigenvalue weighted by molar-refractivity contribution is 0.0992. The van der Waals surface area contributed by atoms with Gasteiger partial charge in [-0.15, -0.1) is 0 Å². The average molecular weight is 296 g/mol. The maximum atomic E-state index is 12.3. The predicted octanol–water partition coefficient (Wildman–Crippen LogP) is 3.37. The first-order valence-corrected chi connectivity index (χ1v) is 6.28. The van der Waals surface area contributed by atoms with E-state index >= 15 is 0 Å². The molecule has 0 aliphatic rings. The first kappa shape index (κ1) is 13.8. The van der Waals surface area contributed by atoms with Crippen LogP contribution in [0.25, 0.3) is 0 Å². The van der Waals surface area contributed by atoms with Gasteiger partial charge in [-0.1, -0.05) is 23.2 Å². The lowest BCUT2D eigenvalue weighted by Gasteiger charge is -2.18. The monoisotopic (exact) mass is 295 g/mol. The number of aromatic nitrogens is 2. The Morgan fingerprint density at radius 2 is 1.95 bits per heavy atom. The number of hydrogen-bond acceptors (Lipinski definition) is 3. The number of amides is 1. The van der Waals surface area contributed by atoms with Crippen LogP contribution in [0.15, 0.2) is 30.5 Å². The molecule has 0 atom stereocenters. The second kappa shape index (κ2) is 5.55. The summed E-state index contributed by atoms with van der Waals surface area (Å²) in [6, 6.07) is 6.80. The molecule has 4 nitrogen and oxygen atoms in total. The quantitative estimate of drug-likeness (QED) is 0.798. The van der Waals surface area contributed by atoms with Crippen LogP contribution in [0, 0.1) is 6.92 Å². The summed E-state index contributed by atoms with van der Waals surface area (Å²) >= 11 is 12.0. The van der Waals surface area contributed by atoms with Gasteiger partial charge in [0.25, 0.3) is 5.91 Å². The first-order valence-electron chi connectivity index (χ1n) is 5.52. The highest BCUT2D eigenvalue weighted by Gasteiger charge is 2.19. The Morgan fingerprint density at radius 3 is 2.58 bits per heavy atom. The van der Waals surface area contributed by atoms with E-state index < -0.39 is 0 Å². The number of nitrogens with zero attached hydrogens (tertiary/aromatic N) is 3. The molecule has 2 aromatic heterocycles. The van der Waals surface area contributed by atoms with Crippen LogP contribution in [-0.2, 0) is 0 Å². The fraction of sp³-hybridized carbons (Fsp3) is 0.154. The maximum absolute atomic E-state index is 12.3. The summed E-state index contributed by atoms with van der Waals surface area (Å²) in [6.45, 7) is 1.81. The third-order valence-electron chi connectivity index (χ3n) is 2.62. The Balaban J connectivity index is 2.37. The van der Waals surface area contributed by atoms with Crippen molar-refractivity contribution in [3.05, 3.63) is 52.0 Å². The predicted molar refractivity (Wildman–Crippen MR) is 76.0 cm³/mol. The van der Waals surface area contributed by atoms with E-state index in [1.165, 1.54) is 4.90 Å². The highest BCUT2D eigenvalue weighted by atomic mass is 35.5. The fourth-order valence-electron chi connectivity index (χ4n) is 1.60. The minimum absolute atomic E-state index is 0.178. The van der Waals surface area contributed by atoms with Gasteiger partial charge in [0.15, 0.2) is 5.15 Å². The number of hydrogen-bond donors (Lipinski definition) is 0. The van der Waals surface area contributed by atoms with Crippen molar-refractivity contribution in [2.24, 2.45) is 0 Å². The van der Waals surface area contributed by atoms with Crippen LogP contribution >= 0.6 is 23.2 Å². The second-order valence-electron chi connectivity index (χ2n) is 3.97. The summed E-state index contributed by atoms with van der Waals surface area (Å²) in [7, 11) is 1.61. The zero-order chi connectivity index (χ0) is 14.0. The number of carbonyl (C=O) groups excluding carboxylic acids is 1. The van der Waals surface area contributed by atoms with Crippen LogP contribution in [0.2, 0.25) is 10.3 Å². The molecule has 1 amide bonds. The molecule has 0 aliphatic heterocycles. The van der Waals surface area contributed by atoms with Crippen molar-refractivity contribution < 1.29 is 4.79 Å². The third-order valence-corrected chi connectivity index (χ3v) is 3.20. The van der Waals surface area contributed by atoms with Crippen molar-refractivity contribution in [2.45, 2.75) is 6.92 Å². The van der Waals surface area contributed by atoms with Gasteiger partial charge in [-0.2, -0.15) is 0 Å². The number of anilines is 1. The molecule has 0 aliphatic carbocycles. The highest BCUT2D eigenvalue weighted by molar-refractivity contribution is 6.34. The zero-order valence-corrected chi connectivity index (χ0v) is 11.9. The number of halogens is 2. The van der Waals surface area contributed by atoms with E-state index in [0.717, 1.165) is 5.69 Å². The molecule has 2 rings (SSSR count). The second-order valence-corrected chi connectivity index (χ2v) is 4.68. The van der Waals surface area contributed by atoms with E-state index in [-0.39, 0.29) is 16.2 Å². The summed E-state index contributed by atoms with van der Waals surface area (Å²) in [5.41, 5.74) is 1.60. The van der Waals surface area contributed by atoms with E-state index in [9.17, 15) is 4.79 Å². The van der Waals surface area contributed by atoms with Crippen molar-refractivity contribution in [2.75, 3.05) is 11.9 Å². The Bertz CT molecular complexity index is 631. The van der Waals surface area contributed by atoms with E-state index in [1.54, 1.807) is 37.5 Å². The molecule has 0 N–H and O–H groups in total. The Morgan fingerprint density at radius 1 is 1.21 bits per heavy atom. The summed E-state index contributed by atoms with van der Waals surface area (Å²) in [6.07, 6.45) is 1.56. The highest BCUT2D eigenvalue weighted by Crippen LogP contribution is 2.24. The summed E-state index contributed by atoms with van der Waals surface area (Å²) in [5.74, 6) is -0.285.